The fraction of sp³-hybridized carbons (Fsp3) is 0.333. The lowest BCUT2D eigenvalue weighted by Crippen LogP contribution is -2.12. The molecule has 19 heavy (non-hydrogen) atoms. The van der Waals surface area contributed by atoms with Crippen LogP contribution in [0.3, 0.4) is 0 Å². The van der Waals surface area contributed by atoms with Crippen molar-refractivity contribution in [1.82, 2.24) is 0 Å². The number of carbonyl (C=O) groups excluding carboxylic acids is 2. The highest BCUT2D eigenvalue weighted by atomic mass is 32.2. The second-order valence-corrected chi connectivity index (χ2v) is 5.29. The van der Waals surface area contributed by atoms with Gasteiger partial charge in [-0.15, -0.1) is 0 Å². The number of aryl methyl sites for hydroxylation is 1. The maximum absolute atomic E-state index is 11.8. The topological polar surface area (TPSA) is 89.9 Å². The fourth-order valence-corrected chi connectivity index (χ4v) is 2.62. The van der Waals surface area contributed by atoms with Gasteiger partial charge in [0.25, 0.3) is 16.1 Å². The maximum Gasteiger partial charge on any atom is 0.339 e. The van der Waals surface area contributed by atoms with E-state index >= 15 is 0 Å². The summed E-state index contributed by atoms with van der Waals surface area (Å²) in [5.74, 6) is -0.759. The molecule has 0 radical (unpaired) electrons. The molecule has 6 nitrogen and oxygen atoms in total. The number of esters is 1. The average molecular weight is 283 g/mol. The molecule has 0 N–H and O–H groups in total. The fourth-order valence-electron chi connectivity index (χ4n) is 1.52. The minimum atomic E-state index is -4.24. The van der Waals surface area contributed by atoms with Gasteiger partial charge < -0.3 is 4.74 Å². The molecule has 0 aliphatic heterocycles. The third-order valence-corrected chi connectivity index (χ3v) is 3.66. The first-order chi connectivity index (χ1) is 8.94. The standard InChI is InChI=1S/C12H13NO5S/c1-3-7-18-12(15)10-6-4-5-9(2)11(10)19(16,17)13-8-14/h4-6H,3,7H2,1-2H3. The highest BCUT2D eigenvalue weighted by Gasteiger charge is 2.25. The van der Waals surface area contributed by atoms with Gasteiger partial charge in [0, 0.05) is 0 Å². The number of rotatable bonds is 5. The summed E-state index contributed by atoms with van der Waals surface area (Å²) in [6.45, 7) is 3.50. The number of carbonyl (C=O) groups is 1. The van der Waals surface area contributed by atoms with Crippen molar-refractivity contribution in [2.75, 3.05) is 6.61 Å². The van der Waals surface area contributed by atoms with E-state index in [1.54, 1.807) is 0 Å². The minimum Gasteiger partial charge on any atom is -0.462 e. The molecule has 0 heterocycles. The van der Waals surface area contributed by atoms with Crippen LogP contribution in [0, 0.1) is 6.92 Å². The van der Waals surface area contributed by atoms with Crippen molar-refractivity contribution in [2.45, 2.75) is 25.2 Å². The summed E-state index contributed by atoms with van der Waals surface area (Å²) in [6.07, 6.45) is 1.60. The minimum absolute atomic E-state index is 0.132. The van der Waals surface area contributed by atoms with Crippen LogP contribution in [0.1, 0.15) is 29.3 Å². The second-order valence-electron chi connectivity index (χ2n) is 3.75. The van der Waals surface area contributed by atoms with Crippen LogP contribution in [0.25, 0.3) is 0 Å². The van der Waals surface area contributed by atoms with Crippen LogP contribution in [0.4, 0.5) is 0 Å². The largest absolute Gasteiger partial charge is 0.462 e. The number of ether oxygens (including phenoxy) is 1. The molecule has 0 spiro atoms. The summed E-state index contributed by atoms with van der Waals surface area (Å²) >= 11 is 0. The summed E-state index contributed by atoms with van der Waals surface area (Å²) in [7, 11) is -4.24. The van der Waals surface area contributed by atoms with Crippen molar-refractivity contribution in [3.63, 3.8) is 0 Å². The highest BCUT2D eigenvalue weighted by Crippen LogP contribution is 2.23. The Morgan fingerprint density at radius 3 is 2.68 bits per heavy atom. The van der Waals surface area contributed by atoms with Crippen molar-refractivity contribution >= 4 is 22.1 Å². The van der Waals surface area contributed by atoms with Crippen LogP contribution in [-0.4, -0.2) is 27.1 Å². The molecule has 7 heteroatoms. The third kappa shape index (κ3) is 3.49. The molecule has 1 aromatic rings. The Balaban J connectivity index is 3.39. The van der Waals surface area contributed by atoms with Crippen molar-refractivity contribution in [3.8, 4) is 0 Å². The lowest BCUT2D eigenvalue weighted by atomic mass is 10.1. The smallest absolute Gasteiger partial charge is 0.339 e. The van der Waals surface area contributed by atoms with Crippen LogP contribution >= 0.6 is 0 Å². The first-order valence-corrected chi connectivity index (χ1v) is 6.99. The van der Waals surface area contributed by atoms with Gasteiger partial charge in [-0.25, -0.2) is 9.59 Å². The number of hydrogen-bond acceptors (Lipinski definition) is 5. The molecule has 0 amide bonds. The Hall–Kier alpha value is -1.98. The van der Waals surface area contributed by atoms with Crippen LogP contribution in [-0.2, 0) is 19.6 Å². The molecule has 0 saturated carbocycles. The number of isocyanates is 1. The third-order valence-electron chi connectivity index (χ3n) is 2.28. The second kappa shape index (κ2) is 6.26. The van der Waals surface area contributed by atoms with Gasteiger partial charge in [0.2, 0.25) is 0 Å². The zero-order chi connectivity index (χ0) is 14.5. The van der Waals surface area contributed by atoms with Crippen LogP contribution in [0.5, 0.6) is 0 Å². The normalized spacial score (nSPS) is 10.6. The SMILES string of the molecule is CCCOC(=O)c1cccc(C)c1S(=O)(=O)N=C=O. The van der Waals surface area contributed by atoms with Crippen molar-refractivity contribution in [2.24, 2.45) is 4.40 Å². The summed E-state index contributed by atoms with van der Waals surface area (Å²) < 4.78 is 31.3. The molecule has 0 bridgehead atoms. The maximum atomic E-state index is 11.8. The van der Waals surface area contributed by atoms with Gasteiger partial charge in [-0.1, -0.05) is 23.5 Å². The molecule has 0 unspecified atom stereocenters. The zero-order valence-electron chi connectivity index (χ0n) is 10.5. The lowest BCUT2D eigenvalue weighted by Gasteiger charge is -2.09. The Morgan fingerprint density at radius 2 is 2.11 bits per heavy atom. The van der Waals surface area contributed by atoms with Gasteiger partial charge in [0.05, 0.1) is 12.2 Å². The molecular formula is C12H13NO5S. The average Bonchev–Trinajstić information content (AvgIpc) is 2.35. The van der Waals surface area contributed by atoms with Crippen molar-refractivity contribution < 1.29 is 22.7 Å². The monoisotopic (exact) mass is 283 g/mol. The number of hydrogen-bond donors (Lipinski definition) is 0. The molecule has 1 aromatic carbocycles. The molecule has 0 aromatic heterocycles. The quantitative estimate of drug-likeness (QED) is 0.465. The molecule has 0 aliphatic rings. The first-order valence-electron chi connectivity index (χ1n) is 5.55. The van der Waals surface area contributed by atoms with Crippen molar-refractivity contribution in [1.29, 1.82) is 0 Å². The molecule has 1 rings (SSSR count). The van der Waals surface area contributed by atoms with E-state index in [1.807, 2.05) is 6.92 Å². The predicted molar refractivity (Wildman–Crippen MR) is 67.1 cm³/mol. The number of sulfonamides is 1. The summed E-state index contributed by atoms with van der Waals surface area (Å²) in [4.78, 5) is 21.7. The van der Waals surface area contributed by atoms with Gasteiger partial charge in [-0.3, -0.25) is 0 Å². The predicted octanol–water partition coefficient (Wildman–Crippen LogP) is 1.59. The van der Waals surface area contributed by atoms with E-state index in [9.17, 15) is 18.0 Å². The van der Waals surface area contributed by atoms with E-state index in [0.29, 0.717) is 12.0 Å². The number of benzene rings is 1. The Morgan fingerprint density at radius 1 is 1.42 bits per heavy atom. The number of nitrogens with zero attached hydrogens (tertiary/aromatic N) is 1. The van der Waals surface area contributed by atoms with E-state index in [-0.39, 0.29) is 17.1 Å². The first kappa shape index (κ1) is 15.1. The Labute approximate surface area is 111 Å². The highest BCUT2D eigenvalue weighted by molar-refractivity contribution is 7.90. The van der Waals surface area contributed by atoms with Crippen LogP contribution < -0.4 is 0 Å². The van der Waals surface area contributed by atoms with Gasteiger partial charge in [0.15, 0.2) is 0 Å². The van der Waals surface area contributed by atoms with Crippen LogP contribution in [0.15, 0.2) is 27.5 Å². The molecule has 0 saturated heterocycles. The molecule has 102 valence electrons. The molecular weight excluding hydrogens is 270 g/mol. The lowest BCUT2D eigenvalue weighted by molar-refractivity contribution is 0.0500. The molecule has 0 atom stereocenters. The van der Waals surface area contributed by atoms with Crippen molar-refractivity contribution in [3.05, 3.63) is 29.3 Å². The molecule has 0 fully saturated rings. The van der Waals surface area contributed by atoms with Crippen LogP contribution in [0.2, 0.25) is 0 Å². The van der Waals surface area contributed by atoms with Gasteiger partial charge >= 0.3 is 5.97 Å². The van der Waals surface area contributed by atoms with Gasteiger partial charge in [0.1, 0.15) is 4.90 Å². The van der Waals surface area contributed by atoms with Gasteiger partial charge in [-0.05, 0) is 25.0 Å². The van der Waals surface area contributed by atoms with E-state index in [4.69, 9.17) is 4.74 Å². The van der Waals surface area contributed by atoms with E-state index in [2.05, 4.69) is 4.40 Å². The summed E-state index contributed by atoms with van der Waals surface area (Å²) in [5.41, 5.74) is 0.178. The summed E-state index contributed by atoms with van der Waals surface area (Å²) in [6, 6.07) is 4.35. The molecule has 0 aliphatic carbocycles. The van der Waals surface area contributed by atoms with E-state index < -0.39 is 16.0 Å². The van der Waals surface area contributed by atoms with E-state index in [1.165, 1.54) is 25.1 Å². The van der Waals surface area contributed by atoms with E-state index in [0.717, 1.165) is 6.08 Å². The summed E-state index contributed by atoms with van der Waals surface area (Å²) in [5, 5.41) is 0. The zero-order valence-corrected chi connectivity index (χ0v) is 11.4. The Kier molecular flexibility index (Phi) is 4.97. The van der Waals surface area contributed by atoms with Gasteiger partial charge in [-0.2, -0.15) is 8.42 Å². The Bertz CT molecular complexity index is 630.